The fraction of sp³-hybridized carbons (Fsp3) is 0.167. The van der Waals surface area contributed by atoms with Gasteiger partial charge in [0.25, 0.3) is 5.91 Å². The van der Waals surface area contributed by atoms with Gasteiger partial charge in [-0.1, -0.05) is 23.7 Å². The predicted molar refractivity (Wildman–Crippen MR) is 69.6 cm³/mol. The van der Waals surface area contributed by atoms with Crippen LogP contribution in [0.4, 0.5) is 0 Å². The molecule has 5 heteroatoms. The lowest BCUT2D eigenvalue weighted by Crippen LogP contribution is -2.24. The Labute approximate surface area is 108 Å². The van der Waals surface area contributed by atoms with Crippen molar-refractivity contribution < 1.29 is 4.79 Å². The van der Waals surface area contributed by atoms with E-state index < -0.39 is 0 Å². The van der Waals surface area contributed by atoms with Gasteiger partial charge in [0.05, 0.1) is 11.7 Å². The third-order valence-electron chi connectivity index (χ3n) is 2.27. The number of nitrogens with one attached hydrogen (secondary N) is 1. The van der Waals surface area contributed by atoms with Gasteiger partial charge in [0, 0.05) is 11.6 Å². The Balaban J connectivity index is 1.80. The molecule has 0 bridgehead atoms. The van der Waals surface area contributed by atoms with E-state index in [1.165, 1.54) is 11.3 Å². The van der Waals surface area contributed by atoms with E-state index in [0.717, 1.165) is 17.0 Å². The van der Waals surface area contributed by atoms with E-state index in [1.54, 1.807) is 11.7 Å². The zero-order chi connectivity index (χ0) is 12.1. The zero-order valence-corrected chi connectivity index (χ0v) is 10.6. The van der Waals surface area contributed by atoms with Crippen LogP contribution in [0, 0.1) is 0 Å². The molecule has 0 saturated heterocycles. The summed E-state index contributed by atoms with van der Waals surface area (Å²) in [5.74, 6) is -0.0681. The fourth-order valence-electron chi connectivity index (χ4n) is 1.39. The number of halogens is 1. The van der Waals surface area contributed by atoms with Gasteiger partial charge >= 0.3 is 0 Å². The minimum absolute atomic E-state index is 0.0681. The molecule has 0 atom stereocenters. The Morgan fingerprint density at radius 1 is 1.35 bits per heavy atom. The number of nitrogens with zero attached hydrogens (tertiary/aromatic N) is 1. The second-order valence-electron chi connectivity index (χ2n) is 3.50. The Morgan fingerprint density at radius 2 is 2.12 bits per heavy atom. The molecule has 0 unspecified atom stereocenters. The van der Waals surface area contributed by atoms with Crippen LogP contribution < -0.4 is 5.32 Å². The lowest BCUT2D eigenvalue weighted by atomic mass is 10.1. The standard InChI is InChI=1S/C12H11ClN2OS/c13-10-3-1-9(2-4-10)5-6-15-12(16)11-7-14-8-17-11/h1-4,7-8H,5-6H2,(H,15,16). The second-order valence-corrected chi connectivity index (χ2v) is 4.82. The molecule has 17 heavy (non-hydrogen) atoms. The van der Waals surface area contributed by atoms with E-state index >= 15 is 0 Å². The molecule has 0 aliphatic rings. The molecule has 0 spiro atoms. The molecule has 0 fully saturated rings. The van der Waals surface area contributed by atoms with E-state index in [-0.39, 0.29) is 5.91 Å². The third-order valence-corrected chi connectivity index (χ3v) is 3.29. The summed E-state index contributed by atoms with van der Waals surface area (Å²) in [6.45, 7) is 0.609. The number of hydrogen-bond acceptors (Lipinski definition) is 3. The maximum absolute atomic E-state index is 11.6. The maximum atomic E-state index is 11.6. The quantitative estimate of drug-likeness (QED) is 0.925. The van der Waals surface area contributed by atoms with Gasteiger partial charge in [-0.15, -0.1) is 11.3 Å². The molecular weight excluding hydrogens is 256 g/mol. The van der Waals surface area contributed by atoms with Crippen molar-refractivity contribution >= 4 is 28.8 Å². The molecule has 0 aliphatic heterocycles. The summed E-state index contributed by atoms with van der Waals surface area (Å²) in [7, 11) is 0. The molecule has 88 valence electrons. The molecule has 1 aromatic carbocycles. The smallest absolute Gasteiger partial charge is 0.263 e. The monoisotopic (exact) mass is 266 g/mol. The van der Waals surface area contributed by atoms with Gasteiger partial charge in [0.2, 0.25) is 0 Å². The van der Waals surface area contributed by atoms with Crippen LogP contribution in [0.3, 0.4) is 0 Å². The first kappa shape index (κ1) is 12.1. The van der Waals surface area contributed by atoms with Crippen molar-refractivity contribution in [3.8, 4) is 0 Å². The highest BCUT2D eigenvalue weighted by Gasteiger charge is 2.05. The van der Waals surface area contributed by atoms with Crippen molar-refractivity contribution in [1.82, 2.24) is 10.3 Å². The summed E-state index contributed by atoms with van der Waals surface area (Å²) in [5.41, 5.74) is 2.80. The average molecular weight is 267 g/mol. The molecule has 1 amide bonds. The Bertz CT molecular complexity index is 482. The molecule has 3 nitrogen and oxygen atoms in total. The lowest BCUT2D eigenvalue weighted by Gasteiger charge is -2.03. The first-order chi connectivity index (χ1) is 8.25. The van der Waals surface area contributed by atoms with Gasteiger partial charge in [-0.05, 0) is 24.1 Å². The molecule has 1 N–H and O–H groups in total. The fourth-order valence-corrected chi connectivity index (χ4v) is 2.05. The average Bonchev–Trinajstić information content (AvgIpc) is 2.85. The molecule has 1 heterocycles. The van der Waals surface area contributed by atoms with Gasteiger partial charge in [0.15, 0.2) is 0 Å². The van der Waals surface area contributed by atoms with Crippen molar-refractivity contribution in [2.45, 2.75) is 6.42 Å². The molecule has 1 aromatic heterocycles. The van der Waals surface area contributed by atoms with Gasteiger partial charge in [-0.2, -0.15) is 0 Å². The van der Waals surface area contributed by atoms with E-state index in [4.69, 9.17) is 11.6 Å². The highest BCUT2D eigenvalue weighted by Crippen LogP contribution is 2.09. The predicted octanol–water partition coefficient (Wildman–Crippen LogP) is 2.77. The summed E-state index contributed by atoms with van der Waals surface area (Å²) >= 11 is 7.13. The van der Waals surface area contributed by atoms with Gasteiger partial charge < -0.3 is 5.32 Å². The van der Waals surface area contributed by atoms with E-state index in [0.29, 0.717) is 11.4 Å². The van der Waals surface area contributed by atoms with E-state index in [1.807, 2.05) is 24.3 Å². The lowest BCUT2D eigenvalue weighted by molar-refractivity contribution is 0.0958. The van der Waals surface area contributed by atoms with E-state index in [9.17, 15) is 4.79 Å². The second kappa shape index (κ2) is 5.80. The Hall–Kier alpha value is -1.39. The van der Waals surface area contributed by atoms with E-state index in [2.05, 4.69) is 10.3 Å². The molecule has 2 rings (SSSR count). The molecule has 0 aliphatic carbocycles. The summed E-state index contributed by atoms with van der Waals surface area (Å²) in [6, 6.07) is 7.62. The van der Waals surface area contributed by atoms with Crippen LogP contribution in [0.5, 0.6) is 0 Å². The molecule has 2 aromatic rings. The number of thiazole rings is 1. The Morgan fingerprint density at radius 3 is 2.76 bits per heavy atom. The Kier molecular flexibility index (Phi) is 4.12. The number of benzene rings is 1. The summed E-state index contributed by atoms with van der Waals surface area (Å²) in [6.07, 6.45) is 2.37. The third kappa shape index (κ3) is 3.54. The molecule has 0 saturated carbocycles. The van der Waals surface area contributed by atoms with Crippen molar-refractivity contribution in [2.24, 2.45) is 0 Å². The van der Waals surface area contributed by atoms with Crippen LogP contribution >= 0.6 is 22.9 Å². The van der Waals surface area contributed by atoms with Gasteiger partial charge in [-0.3, -0.25) is 9.78 Å². The van der Waals surface area contributed by atoms with Crippen molar-refractivity contribution in [3.05, 3.63) is 51.4 Å². The van der Waals surface area contributed by atoms with Crippen LogP contribution in [0.25, 0.3) is 0 Å². The number of hydrogen-bond donors (Lipinski definition) is 1. The minimum atomic E-state index is -0.0681. The van der Waals surface area contributed by atoms with Gasteiger partial charge in [0.1, 0.15) is 4.88 Å². The first-order valence-electron chi connectivity index (χ1n) is 5.17. The highest BCUT2D eigenvalue weighted by atomic mass is 35.5. The van der Waals surface area contributed by atoms with Gasteiger partial charge in [-0.25, -0.2) is 0 Å². The van der Waals surface area contributed by atoms with Crippen LogP contribution in [-0.2, 0) is 6.42 Å². The number of aromatic nitrogens is 1. The number of rotatable bonds is 4. The van der Waals surface area contributed by atoms with Crippen LogP contribution in [0.15, 0.2) is 36.0 Å². The van der Waals surface area contributed by atoms with Crippen molar-refractivity contribution in [1.29, 1.82) is 0 Å². The number of carbonyl (C=O) groups excluding carboxylic acids is 1. The van der Waals surface area contributed by atoms with Crippen molar-refractivity contribution in [3.63, 3.8) is 0 Å². The van der Waals surface area contributed by atoms with Crippen LogP contribution in [0.1, 0.15) is 15.2 Å². The van der Waals surface area contributed by atoms with Crippen LogP contribution in [-0.4, -0.2) is 17.4 Å². The van der Waals surface area contributed by atoms with Crippen LogP contribution in [0.2, 0.25) is 5.02 Å². The minimum Gasteiger partial charge on any atom is -0.351 e. The largest absolute Gasteiger partial charge is 0.351 e. The summed E-state index contributed by atoms with van der Waals surface area (Å²) in [5, 5.41) is 3.57. The highest BCUT2D eigenvalue weighted by molar-refractivity contribution is 7.11. The molecular formula is C12H11ClN2OS. The maximum Gasteiger partial charge on any atom is 0.263 e. The molecule has 0 radical (unpaired) electrons. The first-order valence-corrected chi connectivity index (χ1v) is 6.42. The topological polar surface area (TPSA) is 42.0 Å². The SMILES string of the molecule is O=C(NCCc1ccc(Cl)cc1)c1cncs1. The summed E-state index contributed by atoms with van der Waals surface area (Å²) in [4.78, 5) is 16.1. The van der Waals surface area contributed by atoms with Crippen molar-refractivity contribution in [2.75, 3.05) is 6.54 Å². The normalized spacial score (nSPS) is 10.2. The zero-order valence-electron chi connectivity index (χ0n) is 9.02. The summed E-state index contributed by atoms with van der Waals surface area (Å²) < 4.78 is 0. The number of amides is 1. The number of carbonyl (C=O) groups is 1.